The first-order chi connectivity index (χ1) is 6.24. The fourth-order valence-electron chi connectivity index (χ4n) is 1.08. The number of ether oxygens (including phenoxy) is 1. The van der Waals surface area contributed by atoms with Gasteiger partial charge in [-0.25, -0.2) is 0 Å². The van der Waals surface area contributed by atoms with Gasteiger partial charge in [-0.3, -0.25) is 0 Å². The topological polar surface area (TPSA) is 49.7 Å². The molecule has 13 heavy (non-hydrogen) atoms. The second-order valence-corrected chi connectivity index (χ2v) is 2.86. The van der Waals surface area contributed by atoms with Gasteiger partial charge in [-0.1, -0.05) is 24.3 Å². The summed E-state index contributed by atoms with van der Waals surface area (Å²) in [7, 11) is 0.280. The molecule has 0 bridgehead atoms. The lowest BCUT2D eigenvalue weighted by Gasteiger charge is -2.02. The third-order valence-corrected chi connectivity index (χ3v) is 1.87. The summed E-state index contributed by atoms with van der Waals surface area (Å²) in [6.45, 7) is 0.682. The van der Waals surface area contributed by atoms with Crippen LogP contribution in [0.15, 0.2) is 24.3 Å². The van der Waals surface area contributed by atoms with Crippen molar-refractivity contribution in [1.82, 2.24) is 0 Å². The van der Waals surface area contributed by atoms with Crippen molar-refractivity contribution in [3.8, 4) is 0 Å². The molecule has 0 aromatic heterocycles. The molecule has 2 N–H and O–H groups in total. The first-order valence-corrected chi connectivity index (χ1v) is 4.18. The fraction of sp³-hybridized carbons (Fsp3) is 0.333. The Morgan fingerprint density at radius 1 is 1.23 bits per heavy atom. The molecule has 0 heterocycles. The zero-order valence-corrected chi connectivity index (χ0v) is 7.60. The highest BCUT2D eigenvalue weighted by molar-refractivity contribution is 6.58. The minimum absolute atomic E-state index is 0.515. The maximum absolute atomic E-state index is 8.82. The first kappa shape index (κ1) is 10.2. The Morgan fingerprint density at radius 2 is 1.85 bits per heavy atom. The van der Waals surface area contributed by atoms with E-state index in [9.17, 15) is 0 Å². The van der Waals surface area contributed by atoms with E-state index in [0.717, 1.165) is 12.0 Å². The van der Waals surface area contributed by atoms with Gasteiger partial charge < -0.3 is 14.8 Å². The Bertz CT molecular complexity index is 246. The largest absolute Gasteiger partial charge is 0.488 e. The van der Waals surface area contributed by atoms with Gasteiger partial charge in [0.15, 0.2) is 0 Å². The zero-order chi connectivity index (χ0) is 9.68. The van der Waals surface area contributed by atoms with Crippen LogP contribution in [0.4, 0.5) is 0 Å². The fourth-order valence-corrected chi connectivity index (χ4v) is 1.08. The number of hydrogen-bond donors (Lipinski definition) is 2. The average Bonchev–Trinajstić information content (AvgIpc) is 2.15. The van der Waals surface area contributed by atoms with E-state index < -0.39 is 7.12 Å². The second-order valence-electron chi connectivity index (χ2n) is 2.86. The molecule has 0 aliphatic heterocycles. The van der Waals surface area contributed by atoms with Gasteiger partial charge in [0.1, 0.15) is 0 Å². The molecule has 1 aromatic carbocycles. The molecule has 4 heteroatoms. The van der Waals surface area contributed by atoms with E-state index in [4.69, 9.17) is 14.8 Å². The van der Waals surface area contributed by atoms with Gasteiger partial charge in [0.05, 0.1) is 6.61 Å². The van der Waals surface area contributed by atoms with E-state index >= 15 is 0 Å². The average molecular weight is 180 g/mol. The molecule has 0 aliphatic carbocycles. The van der Waals surface area contributed by atoms with Gasteiger partial charge >= 0.3 is 7.12 Å². The van der Waals surface area contributed by atoms with Crippen LogP contribution in [0.5, 0.6) is 0 Å². The monoisotopic (exact) mass is 180 g/mol. The lowest BCUT2D eigenvalue weighted by molar-refractivity contribution is 0.202. The van der Waals surface area contributed by atoms with Gasteiger partial charge in [-0.15, -0.1) is 0 Å². The van der Waals surface area contributed by atoms with E-state index in [1.165, 1.54) is 0 Å². The van der Waals surface area contributed by atoms with E-state index in [1.807, 2.05) is 12.1 Å². The Labute approximate surface area is 78.1 Å². The van der Waals surface area contributed by atoms with Crippen LogP contribution in [-0.2, 0) is 11.2 Å². The molecule has 1 rings (SSSR count). The molecular formula is C9H13BO3. The van der Waals surface area contributed by atoms with Crippen molar-refractivity contribution in [2.24, 2.45) is 0 Å². The van der Waals surface area contributed by atoms with E-state index in [-0.39, 0.29) is 0 Å². The molecule has 0 saturated carbocycles. The molecule has 0 amide bonds. The van der Waals surface area contributed by atoms with Crippen molar-refractivity contribution in [1.29, 1.82) is 0 Å². The van der Waals surface area contributed by atoms with E-state index in [2.05, 4.69) is 0 Å². The third-order valence-electron chi connectivity index (χ3n) is 1.87. The van der Waals surface area contributed by atoms with E-state index in [0.29, 0.717) is 12.1 Å². The van der Waals surface area contributed by atoms with Crippen LogP contribution in [0.2, 0.25) is 0 Å². The maximum Gasteiger partial charge on any atom is 0.488 e. The molecule has 0 aliphatic rings. The van der Waals surface area contributed by atoms with E-state index in [1.54, 1.807) is 19.2 Å². The van der Waals surface area contributed by atoms with Crippen LogP contribution in [0.25, 0.3) is 0 Å². The maximum atomic E-state index is 8.82. The molecule has 0 radical (unpaired) electrons. The molecule has 0 atom stereocenters. The zero-order valence-electron chi connectivity index (χ0n) is 7.60. The van der Waals surface area contributed by atoms with Crippen LogP contribution in [-0.4, -0.2) is 30.9 Å². The number of benzene rings is 1. The molecule has 1 aromatic rings. The summed E-state index contributed by atoms with van der Waals surface area (Å²) in [4.78, 5) is 0. The Hall–Kier alpha value is -0.835. The summed E-state index contributed by atoms with van der Waals surface area (Å²) in [6, 6.07) is 7.15. The van der Waals surface area contributed by atoms with Crippen molar-refractivity contribution < 1.29 is 14.8 Å². The van der Waals surface area contributed by atoms with Crippen molar-refractivity contribution in [2.45, 2.75) is 6.42 Å². The standard InChI is InChI=1S/C9H13BO3/c1-13-7-6-8-2-4-9(5-3-8)10(11)12/h2-5,11-12H,6-7H2,1H3. The summed E-state index contributed by atoms with van der Waals surface area (Å²) in [5, 5.41) is 17.6. The Morgan fingerprint density at radius 3 is 2.31 bits per heavy atom. The highest BCUT2D eigenvalue weighted by Crippen LogP contribution is 1.98. The first-order valence-electron chi connectivity index (χ1n) is 4.18. The quantitative estimate of drug-likeness (QED) is 0.617. The van der Waals surface area contributed by atoms with Crippen LogP contribution in [0, 0.1) is 0 Å². The smallest absolute Gasteiger partial charge is 0.423 e. The van der Waals surface area contributed by atoms with Crippen LogP contribution in [0.3, 0.4) is 0 Å². The predicted octanol–water partition coefficient (Wildman–Crippen LogP) is -0.445. The third kappa shape index (κ3) is 3.18. The second kappa shape index (κ2) is 5.02. The molecule has 70 valence electrons. The normalized spacial score (nSPS) is 10.1. The van der Waals surface area contributed by atoms with Crippen molar-refractivity contribution >= 4 is 12.6 Å². The number of rotatable bonds is 4. The molecule has 0 saturated heterocycles. The summed E-state index contributed by atoms with van der Waals surface area (Å²) in [5.41, 5.74) is 1.65. The van der Waals surface area contributed by atoms with Gasteiger partial charge in [0.25, 0.3) is 0 Å². The lowest BCUT2D eigenvalue weighted by atomic mass is 9.80. The van der Waals surface area contributed by atoms with Crippen molar-refractivity contribution in [3.63, 3.8) is 0 Å². The van der Waals surface area contributed by atoms with Crippen molar-refractivity contribution in [3.05, 3.63) is 29.8 Å². The minimum Gasteiger partial charge on any atom is -0.423 e. The number of methoxy groups -OCH3 is 1. The van der Waals surface area contributed by atoms with Gasteiger partial charge in [0.2, 0.25) is 0 Å². The SMILES string of the molecule is COCCc1ccc(B(O)O)cc1. The Kier molecular flexibility index (Phi) is 3.95. The summed E-state index contributed by atoms with van der Waals surface area (Å²) >= 11 is 0. The Balaban J connectivity index is 2.59. The minimum atomic E-state index is -1.38. The molecular weight excluding hydrogens is 167 g/mol. The van der Waals surface area contributed by atoms with Gasteiger partial charge in [0, 0.05) is 7.11 Å². The molecule has 0 fully saturated rings. The van der Waals surface area contributed by atoms with Gasteiger partial charge in [-0.05, 0) is 17.4 Å². The lowest BCUT2D eigenvalue weighted by Crippen LogP contribution is -2.29. The summed E-state index contributed by atoms with van der Waals surface area (Å²) in [5.74, 6) is 0. The summed E-state index contributed by atoms with van der Waals surface area (Å²) in [6.07, 6.45) is 0.846. The van der Waals surface area contributed by atoms with Gasteiger partial charge in [-0.2, -0.15) is 0 Å². The predicted molar refractivity (Wildman–Crippen MR) is 51.8 cm³/mol. The van der Waals surface area contributed by atoms with Crippen LogP contribution in [0.1, 0.15) is 5.56 Å². The molecule has 3 nitrogen and oxygen atoms in total. The van der Waals surface area contributed by atoms with Crippen LogP contribution >= 0.6 is 0 Å². The highest BCUT2D eigenvalue weighted by Gasteiger charge is 2.09. The highest BCUT2D eigenvalue weighted by atomic mass is 16.5. The van der Waals surface area contributed by atoms with Crippen LogP contribution < -0.4 is 5.46 Å². The number of hydrogen-bond acceptors (Lipinski definition) is 3. The molecule has 0 unspecified atom stereocenters. The molecule has 0 spiro atoms. The van der Waals surface area contributed by atoms with Crippen molar-refractivity contribution in [2.75, 3.05) is 13.7 Å². The summed E-state index contributed by atoms with van der Waals surface area (Å²) < 4.78 is 4.92.